The number of hydrogen-bond acceptors (Lipinski definition) is 4. The molecule has 4 nitrogen and oxygen atoms in total. The third-order valence-corrected chi connectivity index (χ3v) is 3.13. The van der Waals surface area contributed by atoms with E-state index >= 15 is 0 Å². The summed E-state index contributed by atoms with van der Waals surface area (Å²) in [6, 6.07) is 0. The summed E-state index contributed by atoms with van der Waals surface area (Å²) in [7, 11) is 0. The van der Waals surface area contributed by atoms with Gasteiger partial charge in [-0.15, -0.1) is 11.6 Å². The van der Waals surface area contributed by atoms with Crippen LogP contribution in [-0.2, 0) is 19.1 Å². The van der Waals surface area contributed by atoms with Crippen molar-refractivity contribution in [1.82, 2.24) is 0 Å². The molecule has 0 aromatic heterocycles. The van der Waals surface area contributed by atoms with Gasteiger partial charge >= 0.3 is 11.9 Å². The summed E-state index contributed by atoms with van der Waals surface area (Å²) in [5.41, 5.74) is 0. The van der Waals surface area contributed by atoms with Crippen LogP contribution in [0.5, 0.6) is 0 Å². The van der Waals surface area contributed by atoms with Crippen molar-refractivity contribution in [3.63, 3.8) is 0 Å². The lowest BCUT2D eigenvalue weighted by Crippen LogP contribution is -2.08. The Labute approximate surface area is 127 Å². The summed E-state index contributed by atoms with van der Waals surface area (Å²) in [4.78, 5) is 22.4. The van der Waals surface area contributed by atoms with Crippen molar-refractivity contribution in [2.24, 2.45) is 0 Å². The molecule has 0 spiro atoms. The van der Waals surface area contributed by atoms with Gasteiger partial charge in [-0.05, 0) is 26.2 Å². The number of esters is 2. The highest BCUT2D eigenvalue weighted by Gasteiger charge is 2.06. The van der Waals surface area contributed by atoms with Gasteiger partial charge in [0.1, 0.15) is 0 Å². The van der Waals surface area contributed by atoms with Crippen LogP contribution < -0.4 is 0 Å². The highest BCUT2D eigenvalue weighted by molar-refractivity contribution is 6.17. The number of halogens is 1. The fourth-order valence-corrected chi connectivity index (χ4v) is 1.96. The molecule has 0 aliphatic rings. The first-order chi connectivity index (χ1) is 9.70. The first-order valence-electron chi connectivity index (χ1n) is 7.58. The Morgan fingerprint density at radius 3 is 1.95 bits per heavy atom. The Bertz CT molecular complexity index is 256. The Morgan fingerprint density at radius 1 is 0.800 bits per heavy atom. The summed E-state index contributed by atoms with van der Waals surface area (Å²) < 4.78 is 9.88. The molecule has 0 bridgehead atoms. The summed E-state index contributed by atoms with van der Waals surface area (Å²) in [5.74, 6) is 0.261. The van der Waals surface area contributed by atoms with Crippen molar-refractivity contribution in [2.75, 3.05) is 19.1 Å². The molecule has 0 fully saturated rings. The van der Waals surface area contributed by atoms with Gasteiger partial charge in [-0.2, -0.15) is 0 Å². The zero-order chi connectivity index (χ0) is 15.1. The topological polar surface area (TPSA) is 52.6 Å². The number of carbonyl (C=O) groups is 2. The average Bonchev–Trinajstić information content (AvgIpc) is 2.42. The highest BCUT2D eigenvalue weighted by atomic mass is 35.5. The van der Waals surface area contributed by atoms with Gasteiger partial charge in [-0.3, -0.25) is 9.59 Å². The van der Waals surface area contributed by atoms with E-state index in [9.17, 15) is 9.59 Å². The van der Waals surface area contributed by atoms with Crippen molar-refractivity contribution in [3.8, 4) is 0 Å². The van der Waals surface area contributed by atoms with Crippen LogP contribution in [0.3, 0.4) is 0 Å². The molecule has 0 radical (unpaired) electrons. The standard InChI is InChI=1S/C15H27ClO4/c1-2-19-14(17)10-9-11-15(18)20-13-8-6-4-3-5-7-12-16/h2-13H2,1H3. The third kappa shape index (κ3) is 13.7. The van der Waals surface area contributed by atoms with Crippen LogP contribution in [0.2, 0.25) is 0 Å². The Balaban J connectivity index is 3.26. The highest BCUT2D eigenvalue weighted by Crippen LogP contribution is 2.07. The molecule has 0 rings (SSSR count). The first kappa shape index (κ1) is 19.2. The molecule has 0 N–H and O–H groups in total. The molecule has 0 atom stereocenters. The number of hydrogen-bond donors (Lipinski definition) is 0. The van der Waals surface area contributed by atoms with Crippen LogP contribution >= 0.6 is 11.6 Å². The second-order valence-electron chi connectivity index (χ2n) is 4.69. The molecule has 0 aromatic carbocycles. The number of ether oxygens (including phenoxy) is 2. The van der Waals surface area contributed by atoms with Gasteiger partial charge in [0.15, 0.2) is 0 Å². The van der Waals surface area contributed by atoms with Crippen LogP contribution in [0.15, 0.2) is 0 Å². The quantitative estimate of drug-likeness (QED) is 0.295. The fraction of sp³-hybridized carbons (Fsp3) is 0.867. The van der Waals surface area contributed by atoms with E-state index in [4.69, 9.17) is 21.1 Å². The van der Waals surface area contributed by atoms with E-state index in [1.54, 1.807) is 6.92 Å². The Kier molecular flexibility index (Phi) is 14.1. The van der Waals surface area contributed by atoms with Crippen molar-refractivity contribution in [2.45, 2.75) is 64.7 Å². The second-order valence-corrected chi connectivity index (χ2v) is 5.07. The third-order valence-electron chi connectivity index (χ3n) is 2.86. The molecular formula is C15H27ClO4. The SMILES string of the molecule is CCOC(=O)CCCC(=O)OCCCCCCCCCl. The zero-order valence-corrected chi connectivity index (χ0v) is 13.3. The van der Waals surface area contributed by atoms with Crippen LogP contribution in [0, 0.1) is 0 Å². The van der Waals surface area contributed by atoms with Gasteiger partial charge in [0.05, 0.1) is 13.2 Å². The zero-order valence-electron chi connectivity index (χ0n) is 12.5. The minimum atomic E-state index is -0.253. The van der Waals surface area contributed by atoms with E-state index in [-0.39, 0.29) is 24.8 Å². The Hall–Kier alpha value is -0.770. The van der Waals surface area contributed by atoms with Gasteiger partial charge in [-0.1, -0.05) is 25.7 Å². The molecule has 0 amide bonds. The number of rotatable bonds is 13. The summed E-state index contributed by atoms with van der Waals surface area (Å²) in [6.45, 7) is 2.63. The van der Waals surface area contributed by atoms with Gasteiger partial charge < -0.3 is 9.47 Å². The van der Waals surface area contributed by atoms with Crippen molar-refractivity contribution >= 4 is 23.5 Å². The predicted octanol–water partition coefficient (Wildman–Crippen LogP) is 3.84. The number of unbranched alkanes of at least 4 members (excludes halogenated alkanes) is 5. The molecule has 118 valence electrons. The lowest BCUT2D eigenvalue weighted by Gasteiger charge is -2.05. The smallest absolute Gasteiger partial charge is 0.305 e. The molecular weight excluding hydrogens is 280 g/mol. The van der Waals surface area contributed by atoms with E-state index in [0.717, 1.165) is 31.6 Å². The first-order valence-corrected chi connectivity index (χ1v) is 8.11. The summed E-state index contributed by atoms with van der Waals surface area (Å²) in [6.07, 6.45) is 7.67. The van der Waals surface area contributed by atoms with Crippen molar-refractivity contribution in [1.29, 1.82) is 0 Å². The molecule has 20 heavy (non-hydrogen) atoms. The van der Waals surface area contributed by atoms with E-state index in [1.165, 1.54) is 12.8 Å². The van der Waals surface area contributed by atoms with Crippen LogP contribution in [0.1, 0.15) is 64.7 Å². The van der Waals surface area contributed by atoms with Crippen LogP contribution in [-0.4, -0.2) is 31.0 Å². The summed E-state index contributed by atoms with van der Waals surface area (Å²) >= 11 is 5.59. The largest absolute Gasteiger partial charge is 0.466 e. The van der Waals surface area contributed by atoms with E-state index in [1.807, 2.05) is 0 Å². The average molecular weight is 307 g/mol. The van der Waals surface area contributed by atoms with Crippen molar-refractivity contribution < 1.29 is 19.1 Å². The minimum Gasteiger partial charge on any atom is -0.466 e. The second kappa shape index (κ2) is 14.6. The molecule has 0 aliphatic carbocycles. The number of alkyl halides is 1. The van der Waals surface area contributed by atoms with Crippen LogP contribution in [0.4, 0.5) is 0 Å². The maximum atomic E-state index is 11.4. The molecule has 0 aliphatic heterocycles. The van der Waals surface area contributed by atoms with Gasteiger partial charge in [0, 0.05) is 18.7 Å². The molecule has 0 saturated carbocycles. The monoisotopic (exact) mass is 306 g/mol. The lowest BCUT2D eigenvalue weighted by molar-refractivity contribution is -0.145. The normalized spacial score (nSPS) is 10.3. The minimum absolute atomic E-state index is 0.226. The maximum absolute atomic E-state index is 11.4. The maximum Gasteiger partial charge on any atom is 0.305 e. The molecule has 0 saturated heterocycles. The molecule has 0 aromatic rings. The molecule has 0 heterocycles. The molecule has 0 unspecified atom stereocenters. The van der Waals surface area contributed by atoms with Gasteiger partial charge in [-0.25, -0.2) is 0 Å². The summed E-state index contributed by atoms with van der Waals surface area (Å²) in [5, 5.41) is 0. The lowest BCUT2D eigenvalue weighted by atomic mass is 10.1. The van der Waals surface area contributed by atoms with Crippen LogP contribution in [0.25, 0.3) is 0 Å². The van der Waals surface area contributed by atoms with E-state index in [2.05, 4.69) is 0 Å². The van der Waals surface area contributed by atoms with E-state index in [0.29, 0.717) is 19.6 Å². The fourth-order valence-electron chi connectivity index (χ4n) is 1.77. The van der Waals surface area contributed by atoms with E-state index < -0.39 is 0 Å². The number of carbonyl (C=O) groups excluding carboxylic acids is 2. The predicted molar refractivity (Wildman–Crippen MR) is 79.9 cm³/mol. The molecule has 5 heteroatoms. The van der Waals surface area contributed by atoms with Crippen molar-refractivity contribution in [3.05, 3.63) is 0 Å². The Morgan fingerprint density at radius 2 is 1.35 bits per heavy atom. The van der Waals surface area contributed by atoms with Gasteiger partial charge in [0.25, 0.3) is 0 Å². The van der Waals surface area contributed by atoms with Gasteiger partial charge in [0.2, 0.25) is 0 Å².